The van der Waals surface area contributed by atoms with Crippen LogP contribution in [-0.2, 0) is 9.53 Å². The Morgan fingerprint density at radius 3 is 2.61 bits per heavy atom. The Balaban J connectivity index is 3.05. The fourth-order valence-corrected chi connectivity index (χ4v) is 1.84. The fourth-order valence-electron chi connectivity index (χ4n) is 1.84. The zero-order valence-electron chi connectivity index (χ0n) is 10.5. The largest absolute Gasteiger partial charge is 0.469 e. The quantitative estimate of drug-likeness (QED) is 0.824. The Morgan fingerprint density at radius 1 is 1.44 bits per heavy atom. The van der Waals surface area contributed by atoms with E-state index in [1.165, 1.54) is 13.2 Å². The second-order valence-corrected chi connectivity index (χ2v) is 4.12. The molecule has 3 nitrogen and oxygen atoms in total. The van der Waals surface area contributed by atoms with Gasteiger partial charge in [-0.05, 0) is 18.1 Å². The summed E-state index contributed by atoms with van der Waals surface area (Å²) in [6.45, 7) is 1.84. The fraction of sp³-hybridized carbons (Fsp3) is 0.462. The van der Waals surface area contributed by atoms with Gasteiger partial charge in [0.1, 0.15) is 11.6 Å². The van der Waals surface area contributed by atoms with Crippen LogP contribution in [0, 0.1) is 11.6 Å². The van der Waals surface area contributed by atoms with Crippen molar-refractivity contribution in [3.63, 3.8) is 0 Å². The first kappa shape index (κ1) is 14.6. The van der Waals surface area contributed by atoms with Gasteiger partial charge in [-0.25, -0.2) is 8.78 Å². The monoisotopic (exact) mass is 257 g/mol. The molecule has 0 saturated heterocycles. The Labute approximate surface area is 105 Å². The molecule has 0 heterocycles. The van der Waals surface area contributed by atoms with Crippen LogP contribution in [0.5, 0.6) is 0 Å². The van der Waals surface area contributed by atoms with Gasteiger partial charge in [0, 0.05) is 18.0 Å². The van der Waals surface area contributed by atoms with Gasteiger partial charge in [0.05, 0.1) is 13.5 Å². The molecule has 0 spiro atoms. The average molecular weight is 257 g/mol. The third-order valence-corrected chi connectivity index (χ3v) is 2.96. The maximum atomic E-state index is 13.7. The van der Waals surface area contributed by atoms with Crippen LogP contribution < -0.4 is 5.73 Å². The lowest BCUT2D eigenvalue weighted by Gasteiger charge is -2.22. The van der Waals surface area contributed by atoms with Crippen molar-refractivity contribution in [2.24, 2.45) is 5.73 Å². The summed E-state index contributed by atoms with van der Waals surface area (Å²) < 4.78 is 31.1. The molecule has 0 aliphatic rings. The molecule has 1 rings (SSSR count). The SMILES string of the molecule is CCC(N)C(CC(=O)OC)c1ccc(F)cc1F. The lowest BCUT2D eigenvalue weighted by Crippen LogP contribution is -2.30. The summed E-state index contributed by atoms with van der Waals surface area (Å²) in [5, 5.41) is 0. The summed E-state index contributed by atoms with van der Waals surface area (Å²) in [4.78, 5) is 11.3. The molecule has 2 unspecified atom stereocenters. The van der Waals surface area contributed by atoms with E-state index in [1.54, 1.807) is 0 Å². The topological polar surface area (TPSA) is 52.3 Å². The Bertz CT molecular complexity index is 423. The minimum Gasteiger partial charge on any atom is -0.469 e. The molecule has 1 aromatic carbocycles. The molecule has 2 N–H and O–H groups in total. The van der Waals surface area contributed by atoms with E-state index in [1.807, 2.05) is 6.92 Å². The molecular formula is C13H17F2NO2. The minimum absolute atomic E-state index is 0.0198. The van der Waals surface area contributed by atoms with E-state index in [9.17, 15) is 13.6 Å². The van der Waals surface area contributed by atoms with Gasteiger partial charge in [0.2, 0.25) is 0 Å². The van der Waals surface area contributed by atoms with Gasteiger partial charge in [-0.3, -0.25) is 4.79 Å². The van der Waals surface area contributed by atoms with Crippen molar-refractivity contribution in [3.8, 4) is 0 Å². The maximum absolute atomic E-state index is 13.7. The van der Waals surface area contributed by atoms with E-state index >= 15 is 0 Å². The number of carbonyl (C=O) groups excluding carboxylic acids is 1. The molecule has 0 fully saturated rings. The van der Waals surface area contributed by atoms with E-state index in [-0.39, 0.29) is 18.0 Å². The Kier molecular flexibility index (Phi) is 5.22. The molecule has 0 aromatic heterocycles. The maximum Gasteiger partial charge on any atom is 0.306 e. The van der Waals surface area contributed by atoms with Crippen molar-refractivity contribution in [1.82, 2.24) is 0 Å². The predicted molar refractivity (Wildman–Crippen MR) is 64.0 cm³/mol. The molecule has 1 aromatic rings. The number of ether oxygens (including phenoxy) is 1. The van der Waals surface area contributed by atoms with E-state index in [0.717, 1.165) is 12.1 Å². The zero-order valence-corrected chi connectivity index (χ0v) is 10.5. The molecule has 18 heavy (non-hydrogen) atoms. The lowest BCUT2D eigenvalue weighted by atomic mass is 9.87. The van der Waals surface area contributed by atoms with Gasteiger partial charge in [-0.15, -0.1) is 0 Å². The van der Waals surface area contributed by atoms with Crippen LogP contribution in [0.1, 0.15) is 31.2 Å². The van der Waals surface area contributed by atoms with Crippen LogP contribution in [0.4, 0.5) is 8.78 Å². The number of nitrogens with two attached hydrogens (primary N) is 1. The highest BCUT2D eigenvalue weighted by molar-refractivity contribution is 5.70. The van der Waals surface area contributed by atoms with Crippen LogP contribution in [0.2, 0.25) is 0 Å². The molecule has 0 aliphatic heterocycles. The van der Waals surface area contributed by atoms with E-state index in [2.05, 4.69) is 4.74 Å². The van der Waals surface area contributed by atoms with E-state index in [0.29, 0.717) is 6.42 Å². The molecule has 100 valence electrons. The first-order valence-corrected chi connectivity index (χ1v) is 5.76. The molecule has 0 bridgehead atoms. The smallest absolute Gasteiger partial charge is 0.306 e. The Hall–Kier alpha value is -1.49. The zero-order chi connectivity index (χ0) is 13.7. The lowest BCUT2D eigenvalue weighted by molar-refractivity contribution is -0.141. The van der Waals surface area contributed by atoms with Crippen LogP contribution >= 0.6 is 0 Å². The van der Waals surface area contributed by atoms with Crippen LogP contribution in [0.25, 0.3) is 0 Å². The third-order valence-electron chi connectivity index (χ3n) is 2.96. The highest BCUT2D eigenvalue weighted by atomic mass is 19.1. The molecule has 0 aliphatic carbocycles. The van der Waals surface area contributed by atoms with Crippen molar-refractivity contribution in [2.45, 2.75) is 31.7 Å². The summed E-state index contributed by atoms with van der Waals surface area (Å²) in [5.74, 6) is -2.32. The van der Waals surface area contributed by atoms with Crippen molar-refractivity contribution in [2.75, 3.05) is 7.11 Å². The molecule has 2 atom stereocenters. The van der Waals surface area contributed by atoms with E-state index < -0.39 is 23.5 Å². The van der Waals surface area contributed by atoms with Crippen LogP contribution in [-0.4, -0.2) is 19.1 Å². The minimum atomic E-state index is -0.687. The summed E-state index contributed by atoms with van der Waals surface area (Å²) >= 11 is 0. The summed E-state index contributed by atoms with van der Waals surface area (Å²) in [6, 6.07) is 2.89. The summed E-state index contributed by atoms with van der Waals surface area (Å²) in [7, 11) is 1.26. The number of esters is 1. The van der Waals surface area contributed by atoms with Crippen molar-refractivity contribution >= 4 is 5.97 Å². The van der Waals surface area contributed by atoms with Crippen LogP contribution in [0.15, 0.2) is 18.2 Å². The average Bonchev–Trinajstić information content (AvgIpc) is 2.35. The summed E-state index contributed by atoms with van der Waals surface area (Å²) in [5.41, 5.74) is 6.14. The normalized spacial score (nSPS) is 14.1. The number of carbonyl (C=O) groups is 1. The molecule has 0 amide bonds. The van der Waals surface area contributed by atoms with Gasteiger partial charge in [-0.1, -0.05) is 13.0 Å². The van der Waals surface area contributed by atoms with Gasteiger partial charge >= 0.3 is 5.97 Å². The number of hydrogen-bond donors (Lipinski definition) is 1. The number of hydrogen-bond acceptors (Lipinski definition) is 3. The summed E-state index contributed by atoms with van der Waals surface area (Å²) in [6.07, 6.45) is 0.562. The number of benzene rings is 1. The molecule has 0 saturated carbocycles. The van der Waals surface area contributed by atoms with Crippen LogP contribution in [0.3, 0.4) is 0 Å². The van der Waals surface area contributed by atoms with Crippen molar-refractivity contribution < 1.29 is 18.3 Å². The molecule has 5 heteroatoms. The molecule has 0 radical (unpaired) electrons. The predicted octanol–water partition coefficient (Wildman–Crippen LogP) is 2.35. The van der Waals surface area contributed by atoms with Gasteiger partial charge in [0.15, 0.2) is 0 Å². The molecular weight excluding hydrogens is 240 g/mol. The standard InChI is InChI=1S/C13H17F2NO2/c1-3-12(16)10(7-13(17)18-2)9-5-4-8(14)6-11(9)15/h4-6,10,12H,3,7,16H2,1-2H3. The highest BCUT2D eigenvalue weighted by Crippen LogP contribution is 2.27. The number of halogens is 2. The second-order valence-electron chi connectivity index (χ2n) is 4.12. The van der Waals surface area contributed by atoms with E-state index in [4.69, 9.17) is 5.73 Å². The first-order chi connectivity index (χ1) is 8.49. The highest BCUT2D eigenvalue weighted by Gasteiger charge is 2.25. The number of rotatable bonds is 5. The van der Waals surface area contributed by atoms with Gasteiger partial charge in [0.25, 0.3) is 0 Å². The first-order valence-electron chi connectivity index (χ1n) is 5.76. The van der Waals surface area contributed by atoms with Crippen molar-refractivity contribution in [3.05, 3.63) is 35.4 Å². The van der Waals surface area contributed by atoms with Gasteiger partial charge in [-0.2, -0.15) is 0 Å². The van der Waals surface area contributed by atoms with Gasteiger partial charge < -0.3 is 10.5 Å². The Morgan fingerprint density at radius 2 is 2.11 bits per heavy atom. The number of methoxy groups -OCH3 is 1. The van der Waals surface area contributed by atoms with Crippen molar-refractivity contribution in [1.29, 1.82) is 0 Å². The second kappa shape index (κ2) is 6.44. The third kappa shape index (κ3) is 3.50.